The van der Waals surface area contributed by atoms with Crippen LogP contribution >= 0.6 is 0 Å². The first-order valence-corrected chi connectivity index (χ1v) is 12.0. The second-order valence-electron chi connectivity index (χ2n) is 9.93. The van der Waals surface area contributed by atoms with Gasteiger partial charge >= 0.3 is 0 Å². The quantitative estimate of drug-likeness (QED) is 0.475. The number of halogens is 2. The molecule has 0 heterocycles. The van der Waals surface area contributed by atoms with Gasteiger partial charge in [-0.05, 0) is 75.2 Å². The van der Waals surface area contributed by atoms with Crippen molar-refractivity contribution in [1.82, 2.24) is 4.90 Å². The average molecular weight is 442 g/mol. The predicted octanol–water partition coefficient (Wildman–Crippen LogP) is 6.82. The van der Waals surface area contributed by atoms with Crippen LogP contribution in [0.15, 0.2) is 48.5 Å². The van der Waals surface area contributed by atoms with E-state index in [-0.39, 0.29) is 17.0 Å². The van der Waals surface area contributed by atoms with Crippen molar-refractivity contribution < 1.29 is 13.6 Å². The summed E-state index contributed by atoms with van der Waals surface area (Å²) in [5, 5.41) is 0. The van der Waals surface area contributed by atoms with E-state index in [2.05, 4.69) is 25.1 Å². The van der Waals surface area contributed by atoms with E-state index in [9.17, 15) is 13.6 Å². The molecule has 2 fully saturated rings. The molecule has 0 amide bonds. The summed E-state index contributed by atoms with van der Waals surface area (Å²) in [4.78, 5) is 13.5. The summed E-state index contributed by atoms with van der Waals surface area (Å²) in [5.41, 5.74) is 1.78. The molecule has 4 rings (SSSR count). The van der Waals surface area contributed by atoms with Crippen LogP contribution in [0.4, 0.5) is 8.78 Å². The largest absolute Gasteiger partial charge is 0.309 e. The predicted molar refractivity (Wildman–Crippen MR) is 127 cm³/mol. The molecule has 0 saturated heterocycles. The summed E-state index contributed by atoms with van der Waals surface area (Å²) < 4.78 is 26.5. The maximum atomic E-state index is 13.4. The molecule has 174 valence electrons. The number of benzene rings is 2. The summed E-state index contributed by atoms with van der Waals surface area (Å²) in [7, 11) is 4.21. The van der Waals surface area contributed by atoms with Crippen molar-refractivity contribution in [2.75, 3.05) is 20.6 Å². The molecule has 2 nitrogen and oxygen atoms in total. The SMILES string of the molecule is CN(C)CC1(c2cccc(F)c2)CCCCC1.O=CC1(c2cccc(F)c2)CCCCC1. The summed E-state index contributed by atoms with van der Waals surface area (Å²) in [6.07, 6.45) is 12.3. The number of rotatable bonds is 5. The van der Waals surface area contributed by atoms with Crippen LogP contribution in [-0.4, -0.2) is 31.8 Å². The number of hydrogen-bond donors (Lipinski definition) is 0. The van der Waals surface area contributed by atoms with Crippen LogP contribution in [-0.2, 0) is 15.6 Å². The molecule has 2 aromatic rings. The first kappa shape index (κ1) is 24.6. The van der Waals surface area contributed by atoms with Gasteiger partial charge in [0.05, 0.1) is 5.41 Å². The Kier molecular flexibility index (Phi) is 8.58. The Hall–Kier alpha value is -2.07. The highest BCUT2D eigenvalue weighted by Gasteiger charge is 2.35. The Bertz CT molecular complexity index is 867. The molecule has 2 aliphatic rings. The Morgan fingerprint density at radius 1 is 0.781 bits per heavy atom. The lowest BCUT2D eigenvalue weighted by Gasteiger charge is -2.40. The fourth-order valence-electron chi connectivity index (χ4n) is 5.65. The minimum atomic E-state index is -0.416. The van der Waals surface area contributed by atoms with Crippen molar-refractivity contribution in [2.24, 2.45) is 0 Å². The molecule has 2 aromatic carbocycles. The van der Waals surface area contributed by atoms with Crippen LogP contribution < -0.4 is 0 Å². The molecule has 2 saturated carbocycles. The second kappa shape index (κ2) is 11.2. The third-order valence-corrected chi connectivity index (χ3v) is 7.24. The summed E-state index contributed by atoms with van der Waals surface area (Å²) in [6, 6.07) is 13.7. The zero-order valence-corrected chi connectivity index (χ0v) is 19.6. The Morgan fingerprint density at radius 2 is 1.28 bits per heavy atom. The van der Waals surface area contributed by atoms with E-state index in [1.165, 1.54) is 62.3 Å². The van der Waals surface area contributed by atoms with Crippen molar-refractivity contribution in [3.63, 3.8) is 0 Å². The molecule has 0 bridgehead atoms. The summed E-state index contributed by atoms with van der Waals surface area (Å²) in [6.45, 7) is 1.02. The van der Waals surface area contributed by atoms with Crippen LogP contribution in [0.2, 0.25) is 0 Å². The molecule has 2 aliphatic carbocycles. The van der Waals surface area contributed by atoms with E-state index in [1.807, 2.05) is 12.1 Å². The van der Waals surface area contributed by atoms with Crippen LogP contribution in [0.5, 0.6) is 0 Å². The van der Waals surface area contributed by atoms with Crippen LogP contribution in [0, 0.1) is 11.6 Å². The lowest BCUT2D eigenvalue weighted by atomic mass is 9.69. The van der Waals surface area contributed by atoms with Crippen molar-refractivity contribution in [1.29, 1.82) is 0 Å². The van der Waals surface area contributed by atoms with Gasteiger partial charge in [0.2, 0.25) is 0 Å². The van der Waals surface area contributed by atoms with E-state index in [1.54, 1.807) is 12.1 Å². The molecular formula is C28H37F2NO. The van der Waals surface area contributed by atoms with Crippen molar-refractivity contribution in [2.45, 2.75) is 75.0 Å². The van der Waals surface area contributed by atoms with Gasteiger partial charge in [0.1, 0.15) is 17.9 Å². The van der Waals surface area contributed by atoms with Crippen molar-refractivity contribution in [3.8, 4) is 0 Å². The lowest BCUT2D eigenvalue weighted by Crippen LogP contribution is -2.39. The molecule has 0 spiro atoms. The van der Waals surface area contributed by atoms with Gasteiger partial charge in [-0.25, -0.2) is 8.78 Å². The Morgan fingerprint density at radius 3 is 1.78 bits per heavy atom. The zero-order valence-electron chi connectivity index (χ0n) is 19.6. The third-order valence-electron chi connectivity index (χ3n) is 7.24. The molecule has 32 heavy (non-hydrogen) atoms. The first-order chi connectivity index (χ1) is 15.4. The van der Waals surface area contributed by atoms with Gasteiger partial charge in [0, 0.05) is 12.0 Å². The van der Waals surface area contributed by atoms with E-state index >= 15 is 0 Å². The molecule has 0 aliphatic heterocycles. The number of carbonyl (C=O) groups is 1. The first-order valence-electron chi connectivity index (χ1n) is 12.0. The van der Waals surface area contributed by atoms with Gasteiger partial charge in [-0.1, -0.05) is 62.8 Å². The molecule has 0 aromatic heterocycles. The number of nitrogens with zero attached hydrogens (tertiary/aromatic N) is 1. The fourth-order valence-corrected chi connectivity index (χ4v) is 5.65. The monoisotopic (exact) mass is 441 g/mol. The highest BCUT2D eigenvalue weighted by Crippen LogP contribution is 2.40. The normalized spacial score (nSPS) is 19.7. The van der Waals surface area contributed by atoms with Crippen LogP contribution in [0.3, 0.4) is 0 Å². The maximum Gasteiger partial charge on any atom is 0.130 e. The number of hydrogen-bond acceptors (Lipinski definition) is 2. The van der Waals surface area contributed by atoms with E-state index in [0.717, 1.165) is 44.1 Å². The molecule has 0 N–H and O–H groups in total. The highest BCUT2D eigenvalue weighted by atomic mass is 19.1. The maximum absolute atomic E-state index is 13.4. The number of aldehydes is 1. The van der Waals surface area contributed by atoms with Crippen LogP contribution in [0.25, 0.3) is 0 Å². The molecule has 4 heteroatoms. The zero-order chi connectivity index (χ0) is 23.0. The third kappa shape index (κ3) is 6.04. The van der Waals surface area contributed by atoms with Crippen molar-refractivity contribution in [3.05, 3.63) is 71.3 Å². The Balaban J connectivity index is 0.000000182. The van der Waals surface area contributed by atoms with Crippen molar-refractivity contribution >= 4 is 6.29 Å². The number of likely N-dealkylation sites (N-methyl/N-ethyl adjacent to an activating group) is 1. The standard InChI is InChI=1S/C15H22FN.C13H15FO/c1-17(2)12-15(9-4-3-5-10-15)13-7-6-8-14(16)11-13;14-12-6-4-5-11(9-12)13(10-15)7-2-1-3-8-13/h6-8,11H,3-5,9-10,12H2,1-2H3;4-6,9-10H,1-3,7-8H2. The smallest absolute Gasteiger partial charge is 0.130 e. The topological polar surface area (TPSA) is 20.3 Å². The average Bonchev–Trinajstić information content (AvgIpc) is 2.80. The van der Waals surface area contributed by atoms with Gasteiger partial charge < -0.3 is 9.69 Å². The van der Waals surface area contributed by atoms with Gasteiger partial charge in [-0.2, -0.15) is 0 Å². The van der Waals surface area contributed by atoms with Gasteiger partial charge in [0.25, 0.3) is 0 Å². The summed E-state index contributed by atoms with van der Waals surface area (Å²) in [5.74, 6) is -0.356. The minimum Gasteiger partial charge on any atom is -0.309 e. The van der Waals surface area contributed by atoms with Gasteiger partial charge in [-0.15, -0.1) is 0 Å². The van der Waals surface area contributed by atoms with Gasteiger partial charge in [0.15, 0.2) is 0 Å². The van der Waals surface area contributed by atoms with E-state index in [4.69, 9.17) is 0 Å². The molecular weight excluding hydrogens is 404 g/mol. The Labute approximate surface area is 192 Å². The molecule has 0 atom stereocenters. The number of carbonyl (C=O) groups excluding carboxylic acids is 1. The van der Waals surface area contributed by atoms with E-state index in [0.29, 0.717) is 0 Å². The van der Waals surface area contributed by atoms with Gasteiger partial charge in [-0.3, -0.25) is 0 Å². The fraction of sp³-hybridized carbons (Fsp3) is 0.536. The minimum absolute atomic E-state index is 0.105. The summed E-state index contributed by atoms with van der Waals surface area (Å²) >= 11 is 0. The highest BCUT2D eigenvalue weighted by molar-refractivity contribution is 5.68. The second-order valence-corrected chi connectivity index (χ2v) is 9.93. The van der Waals surface area contributed by atoms with E-state index < -0.39 is 5.41 Å². The van der Waals surface area contributed by atoms with Crippen LogP contribution in [0.1, 0.15) is 75.3 Å². The molecule has 0 radical (unpaired) electrons. The molecule has 0 unspecified atom stereocenters. The lowest BCUT2D eigenvalue weighted by molar-refractivity contribution is -0.113.